The number of sulfone groups is 1. The summed E-state index contributed by atoms with van der Waals surface area (Å²) in [4.78, 5) is 0. The van der Waals surface area contributed by atoms with Crippen molar-refractivity contribution in [3.8, 4) is 0 Å². The lowest BCUT2D eigenvalue weighted by Crippen LogP contribution is -2.50. The number of rotatable bonds is 4. The predicted molar refractivity (Wildman–Crippen MR) is 61.6 cm³/mol. The molecule has 1 rings (SSSR count). The third-order valence-corrected chi connectivity index (χ3v) is 5.14. The molecular weight excluding hydrogens is 228 g/mol. The largest absolute Gasteiger partial charge is 0.326 e. The quantitative estimate of drug-likeness (QED) is 0.774. The molecular formula is C9H18N4O2S. The molecule has 2 N–H and O–H groups in total. The number of nitrogens with two attached hydrogens (primary N) is 1. The molecule has 0 radical (unpaired) electrons. The maximum Gasteiger partial charge on any atom is 0.154 e. The minimum absolute atomic E-state index is 0.397. The number of nitrogens with zero attached hydrogens (tertiary/aromatic N) is 3. The van der Waals surface area contributed by atoms with E-state index in [1.165, 1.54) is 6.26 Å². The highest BCUT2D eigenvalue weighted by atomic mass is 32.2. The van der Waals surface area contributed by atoms with Crippen molar-refractivity contribution >= 4 is 9.84 Å². The summed E-state index contributed by atoms with van der Waals surface area (Å²) in [7, 11) is -1.44. The van der Waals surface area contributed by atoms with E-state index in [1.54, 1.807) is 31.8 Å². The van der Waals surface area contributed by atoms with E-state index in [0.717, 1.165) is 0 Å². The fourth-order valence-electron chi connectivity index (χ4n) is 1.23. The summed E-state index contributed by atoms with van der Waals surface area (Å²) >= 11 is 0. The van der Waals surface area contributed by atoms with Crippen molar-refractivity contribution in [2.75, 3.05) is 6.26 Å². The molecule has 7 heteroatoms. The molecule has 16 heavy (non-hydrogen) atoms. The summed E-state index contributed by atoms with van der Waals surface area (Å²) in [6.07, 6.45) is 3.33. The van der Waals surface area contributed by atoms with Crippen LogP contribution in [-0.2, 0) is 23.3 Å². The van der Waals surface area contributed by atoms with Crippen molar-refractivity contribution in [1.29, 1.82) is 0 Å². The number of hydrogen-bond donors (Lipinski definition) is 1. The van der Waals surface area contributed by atoms with Gasteiger partial charge in [0, 0.05) is 32.0 Å². The lowest BCUT2D eigenvalue weighted by Gasteiger charge is -2.28. The molecule has 0 saturated heterocycles. The Morgan fingerprint density at radius 2 is 2.12 bits per heavy atom. The molecule has 0 saturated carbocycles. The van der Waals surface area contributed by atoms with Gasteiger partial charge in [-0.25, -0.2) is 8.42 Å². The zero-order valence-electron chi connectivity index (χ0n) is 10.0. The molecule has 0 bridgehead atoms. The molecule has 0 aliphatic rings. The van der Waals surface area contributed by atoms with Crippen molar-refractivity contribution in [3.63, 3.8) is 0 Å². The van der Waals surface area contributed by atoms with Gasteiger partial charge in [0.2, 0.25) is 0 Å². The molecule has 1 heterocycles. The summed E-state index contributed by atoms with van der Waals surface area (Å²) in [5.74, 6) is 0. The van der Waals surface area contributed by atoms with E-state index in [1.807, 2.05) is 0 Å². The van der Waals surface area contributed by atoms with Gasteiger partial charge >= 0.3 is 0 Å². The van der Waals surface area contributed by atoms with Crippen LogP contribution in [0.1, 0.15) is 19.5 Å². The predicted octanol–water partition coefficient (Wildman–Crippen LogP) is -0.492. The second-order valence-electron chi connectivity index (χ2n) is 4.57. The number of aryl methyl sites for hydroxylation is 1. The molecule has 0 spiro atoms. The molecule has 0 aliphatic carbocycles. The van der Waals surface area contributed by atoms with Crippen LogP contribution in [0.3, 0.4) is 0 Å². The first-order valence-corrected chi connectivity index (χ1v) is 6.84. The van der Waals surface area contributed by atoms with Crippen LogP contribution in [0.2, 0.25) is 0 Å². The summed E-state index contributed by atoms with van der Waals surface area (Å²) in [6.45, 7) is 3.26. The van der Waals surface area contributed by atoms with Gasteiger partial charge in [0.25, 0.3) is 0 Å². The lowest BCUT2D eigenvalue weighted by atomic mass is 10.00. The van der Waals surface area contributed by atoms with Crippen LogP contribution in [-0.4, -0.2) is 40.5 Å². The standard InChI is InChI=1S/C9H18N4O2S/c1-9(2,16(4,14)15)8(10)5-7-6-13(3)12-11-7/h6,8H,5,10H2,1-4H3. The topological polar surface area (TPSA) is 90.9 Å². The summed E-state index contributed by atoms with van der Waals surface area (Å²) < 4.78 is 23.7. The first-order valence-electron chi connectivity index (χ1n) is 4.95. The van der Waals surface area contributed by atoms with E-state index in [2.05, 4.69) is 10.3 Å². The van der Waals surface area contributed by atoms with E-state index < -0.39 is 20.6 Å². The molecule has 1 unspecified atom stereocenters. The number of hydrogen-bond acceptors (Lipinski definition) is 5. The first kappa shape index (κ1) is 13.1. The Kier molecular flexibility index (Phi) is 3.39. The normalized spacial score (nSPS) is 15.1. The van der Waals surface area contributed by atoms with Gasteiger partial charge in [-0.2, -0.15) is 0 Å². The van der Waals surface area contributed by atoms with Crippen molar-refractivity contribution in [1.82, 2.24) is 15.0 Å². The molecule has 6 nitrogen and oxygen atoms in total. The van der Waals surface area contributed by atoms with E-state index in [9.17, 15) is 8.42 Å². The van der Waals surface area contributed by atoms with Crippen LogP contribution < -0.4 is 5.73 Å². The van der Waals surface area contributed by atoms with Gasteiger partial charge in [0.05, 0.1) is 10.4 Å². The van der Waals surface area contributed by atoms with Gasteiger partial charge in [-0.3, -0.25) is 4.68 Å². The average Bonchev–Trinajstić information content (AvgIpc) is 2.49. The monoisotopic (exact) mass is 246 g/mol. The highest BCUT2D eigenvalue weighted by Gasteiger charge is 2.37. The highest BCUT2D eigenvalue weighted by Crippen LogP contribution is 2.20. The Labute approximate surface area is 95.7 Å². The fourth-order valence-corrected chi connectivity index (χ4v) is 1.87. The molecule has 1 atom stereocenters. The van der Waals surface area contributed by atoms with Crippen LogP contribution in [0.15, 0.2) is 6.20 Å². The average molecular weight is 246 g/mol. The molecule has 92 valence electrons. The van der Waals surface area contributed by atoms with Gasteiger partial charge in [-0.05, 0) is 13.8 Å². The van der Waals surface area contributed by atoms with Crippen molar-refractivity contribution in [2.45, 2.75) is 31.1 Å². The van der Waals surface area contributed by atoms with E-state index >= 15 is 0 Å². The SMILES string of the molecule is Cn1cc(CC(N)C(C)(C)S(C)(=O)=O)nn1. The third-order valence-electron chi connectivity index (χ3n) is 2.93. The van der Waals surface area contributed by atoms with Crippen LogP contribution in [0.4, 0.5) is 0 Å². The molecule has 1 aromatic heterocycles. The van der Waals surface area contributed by atoms with E-state index in [0.29, 0.717) is 12.1 Å². The molecule has 0 amide bonds. The van der Waals surface area contributed by atoms with E-state index in [-0.39, 0.29) is 0 Å². The van der Waals surface area contributed by atoms with Crippen LogP contribution >= 0.6 is 0 Å². The highest BCUT2D eigenvalue weighted by molar-refractivity contribution is 7.92. The van der Waals surface area contributed by atoms with Gasteiger partial charge in [-0.1, -0.05) is 5.21 Å². The lowest BCUT2D eigenvalue weighted by molar-refractivity contribution is 0.479. The van der Waals surface area contributed by atoms with Gasteiger partial charge in [0.1, 0.15) is 0 Å². The maximum absolute atomic E-state index is 11.6. The van der Waals surface area contributed by atoms with Crippen LogP contribution in [0.25, 0.3) is 0 Å². The maximum atomic E-state index is 11.6. The van der Waals surface area contributed by atoms with Gasteiger partial charge in [0.15, 0.2) is 9.84 Å². The van der Waals surface area contributed by atoms with Crippen LogP contribution in [0, 0.1) is 0 Å². The Hall–Kier alpha value is -0.950. The first-order chi connectivity index (χ1) is 7.14. The smallest absolute Gasteiger partial charge is 0.154 e. The summed E-state index contributed by atoms with van der Waals surface area (Å²) in [5, 5.41) is 7.67. The second kappa shape index (κ2) is 4.14. The Balaban J connectivity index is 2.84. The van der Waals surface area contributed by atoms with Crippen molar-refractivity contribution in [2.24, 2.45) is 12.8 Å². The van der Waals surface area contributed by atoms with Crippen molar-refractivity contribution in [3.05, 3.63) is 11.9 Å². The van der Waals surface area contributed by atoms with Gasteiger partial charge in [-0.15, -0.1) is 5.10 Å². The zero-order valence-corrected chi connectivity index (χ0v) is 10.8. The number of aromatic nitrogens is 3. The third kappa shape index (κ3) is 2.59. The Morgan fingerprint density at radius 3 is 2.50 bits per heavy atom. The van der Waals surface area contributed by atoms with Crippen molar-refractivity contribution < 1.29 is 8.42 Å². The summed E-state index contributed by atoms with van der Waals surface area (Å²) in [6, 6.07) is -0.501. The second-order valence-corrected chi connectivity index (χ2v) is 7.17. The van der Waals surface area contributed by atoms with Crippen LogP contribution in [0.5, 0.6) is 0 Å². The fraction of sp³-hybridized carbons (Fsp3) is 0.778. The molecule has 1 aromatic rings. The summed E-state index contributed by atoms with van der Waals surface area (Å²) in [5.41, 5.74) is 6.62. The minimum atomic E-state index is -3.19. The van der Waals surface area contributed by atoms with Gasteiger partial charge < -0.3 is 5.73 Å². The Bertz CT molecular complexity index is 464. The Morgan fingerprint density at radius 1 is 1.56 bits per heavy atom. The van der Waals surface area contributed by atoms with E-state index in [4.69, 9.17) is 5.73 Å². The minimum Gasteiger partial charge on any atom is -0.326 e. The zero-order chi connectivity index (χ0) is 12.6. The molecule has 0 fully saturated rings. The molecule has 0 aliphatic heterocycles. The molecule has 0 aromatic carbocycles.